The van der Waals surface area contributed by atoms with Gasteiger partial charge < -0.3 is 25.3 Å². The normalized spacial score (nSPS) is 14.8. The quantitative estimate of drug-likeness (QED) is 0.591. The van der Waals surface area contributed by atoms with Crippen LogP contribution in [0.5, 0.6) is 0 Å². The number of anilines is 2. The van der Waals surface area contributed by atoms with E-state index in [-0.39, 0.29) is 30.7 Å². The minimum atomic E-state index is -0.721. The van der Waals surface area contributed by atoms with Crippen LogP contribution in [0, 0.1) is 11.6 Å². The van der Waals surface area contributed by atoms with Crippen molar-refractivity contribution in [1.29, 1.82) is 0 Å². The molecule has 0 saturated heterocycles. The van der Waals surface area contributed by atoms with Crippen molar-refractivity contribution >= 4 is 17.4 Å². The third kappa shape index (κ3) is 4.21. The number of hydrogen-bond donors (Lipinski definition) is 2. The van der Waals surface area contributed by atoms with Crippen LogP contribution in [0.15, 0.2) is 42.5 Å². The molecule has 1 aromatic heterocycles. The van der Waals surface area contributed by atoms with E-state index in [1.165, 1.54) is 25.3 Å². The van der Waals surface area contributed by atoms with Gasteiger partial charge in [-0.15, -0.1) is 0 Å². The third-order valence-electron chi connectivity index (χ3n) is 5.94. The summed E-state index contributed by atoms with van der Waals surface area (Å²) in [6.07, 6.45) is 0. The second-order valence-electron chi connectivity index (χ2n) is 8.46. The Morgan fingerprint density at radius 1 is 1.18 bits per heavy atom. The van der Waals surface area contributed by atoms with Crippen molar-refractivity contribution in [2.45, 2.75) is 32.5 Å². The van der Waals surface area contributed by atoms with Gasteiger partial charge >= 0.3 is 0 Å². The number of nitrogens with two attached hydrogens (primary N) is 1. The van der Waals surface area contributed by atoms with E-state index in [1.807, 2.05) is 18.4 Å². The van der Waals surface area contributed by atoms with Gasteiger partial charge in [0.2, 0.25) is 5.91 Å². The lowest BCUT2D eigenvalue weighted by atomic mass is 9.99. The molecule has 33 heavy (non-hydrogen) atoms. The van der Waals surface area contributed by atoms with Crippen LogP contribution < -0.4 is 11.1 Å². The van der Waals surface area contributed by atoms with Crippen LogP contribution in [-0.2, 0) is 28.2 Å². The third-order valence-corrected chi connectivity index (χ3v) is 5.94. The SMILES string of the molecule is COCc1cc(-c2nc3n(c2Nc2ccc(F)cc2)CCN(C(=O)CN)C3(C)C)ccc1F. The lowest BCUT2D eigenvalue weighted by molar-refractivity contribution is -0.137. The molecule has 0 bridgehead atoms. The van der Waals surface area contributed by atoms with Crippen LogP contribution in [-0.4, -0.2) is 40.6 Å². The number of fused-ring (bicyclic) bond motifs is 1. The first kappa shape index (κ1) is 22.9. The zero-order valence-electron chi connectivity index (χ0n) is 18.9. The highest BCUT2D eigenvalue weighted by molar-refractivity contribution is 5.80. The van der Waals surface area contributed by atoms with Crippen LogP contribution in [0.3, 0.4) is 0 Å². The minimum absolute atomic E-state index is 0.0873. The van der Waals surface area contributed by atoms with E-state index in [2.05, 4.69) is 5.32 Å². The summed E-state index contributed by atoms with van der Waals surface area (Å²) in [5.41, 5.74) is 7.30. The van der Waals surface area contributed by atoms with Gasteiger partial charge in [0, 0.05) is 37.0 Å². The number of carbonyl (C=O) groups excluding carboxylic acids is 1. The lowest BCUT2D eigenvalue weighted by Gasteiger charge is -2.42. The van der Waals surface area contributed by atoms with Crippen molar-refractivity contribution in [3.05, 3.63) is 65.5 Å². The number of halogens is 2. The molecule has 3 aromatic rings. The number of methoxy groups -OCH3 is 1. The molecule has 1 amide bonds. The standard InChI is InChI=1S/C24H27F2N5O2/c1-24(2)23-29-21(15-4-9-19(26)16(12-15)14-33-3)22(28-18-7-5-17(25)6-8-18)30(23)10-11-31(24)20(32)13-27/h4-9,12,28H,10-11,13-14,27H2,1-3H3. The van der Waals surface area contributed by atoms with Crippen molar-refractivity contribution in [2.24, 2.45) is 5.73 Å². The molecule has 2 aromatic carbocycles. The fourth-order valence-electron chi connectivity index (χ4n) is 4.27. The Morgan fingerprint density at radius 2 is 1.91 bits per heavy atom. The highest BCUT2D eigenvalue weighted by Gasteiger charge is 2.41. The molecule has 1 aliphatic heterocycles. The maximum absolute atomic E-state index is 14.3. The number of nitrogens with zero attached hydrogens (tertiary/aromatic N) is 3. The van der Waals surface area contributed by atoms with Gasteiger partial charge in [0.05, 0.1) is 18.7 Å². The largest absolute Gasteiger partial charge is 0.380 e. The topological polar surface area (TPSA) is 85.4 Å². The summed E-state index contributed by atoms with van der Waals surface area (Å²) in [6.45, 7) is 4.83. The molecule has 0 atom stereocenters. The summed E-state index contributed by atoms with van der Waals surface area (Å²) in [7, 11) is 1.51. The van der Waals surface area contributed by atoms with E-state index < -0.39 is 5.54 Å². The number of imidazole rings is 1. The molecule has 0 fully saturated rings. The number of hydrogen-bond acceptors (Lipinski definition) is 5. The van der Waals surface area contributed by atoms with Gasteiger partial charge in [-0.1, -0.05) is 0 Å². The molecule has 0 radical (unpaired) electrons. The smallest absolute Gasteiger partial charge is 0.237 e. The monoisotopic (exact) mass is 455 g/mol. The zero-order valence-corrected chi connectivity index (χ0v) is 18.9. The average molecular weight is 456 g/mol. The number of rotatable bonds is 6. The van der Waals surface area contributed by atoms with Crippen LogP contribution in [0.2, 0.25) is 0 Å². The van der Waals surface area contributed by atoms with Gasteiger partial charge in [-0.25, -0.2) is 13.8 Å². The Labute approximate surface area is 191 Å². The molecular weight excluding hydrogens is 428 g/mol. The molecule has 9 heteroatoms. The Bertz CT molecular complexity index is 1170. The van der Waals surface area contributed by atoms with Gasteiger partial charge in [-0.05, 0) is 56.3 Å². The summed E-state index contributed by atoms with van der Waals surface area (Å²) < 4.78 is 34.9. The first-order valence-corrected chi connectivity index (χ1v) is 10.7. The Balaban J connectivity index is 1.87. The summed E-state index contributed by atoms with van der Waals surface area (Å²) in [5, 5.41) is 3.35. The lowest BCUT2D eigenvalue weighted by Crippen LogP contribution is -2.53. The van der Waals surface area contributed by atoms with E-state index in [1.54, 1.807) is 29.2 Å². The van der Waals surface area contributed by atoms with Crippen LogP contribution >= 0.6 is 0 Å². The molecular formula is C24H27F2N5O2. The average Bonchev–Trinajstić information content (AvgIpc) is 3.16. The number of amides is 1. The van der Waals surface area contributed by atoms with E-state index in [4.69, 9.17) is 15.5 Å². The predicted molar refractivity (Wildman–Crippen MR) is 122 cm³/mol. The minimum Gasteiger partial charge on any atom is -0.380 e. The summed E-state index contributed by atoms with van der Waals surface area (Å²) in [6, 6.07) is 10.8. The number of nitrogens with one attached hydrogen (secondary N) is 1. The van der Waals surface area contributed by atoms with Gasteiger partial charge in [0.1, 0.15) is 29.0 Å². The fourth-order valence-corrected chi connectivity index (χ4v) is 4.27. The summed E-state index contributed by atoms with van der Waals surface area (Å²) in [4.78, 5) is 19.1. The van der Waals surface area contributed by atoms with Crippen molar-refractivity contribution in [3.63, 3.8) is 0 Å². The van der Waals surface area contributed by atoms with Crippen LogP contribution in [0.4, 0.5) is 20.3 Å². The second kappa shape index (κ2) is 8.92. The first-order chi connectivity index (χ1) is 15.8. The first-order valence-electron chi connectivity index (χ1n) is 10.7. The predicted octanol–water partition coefficient (Wildman–Crippen LogP) is 3.75. The molecule has 4 rings (SSSR count). The Hall–Kier alpha value is -3.30. The number of ether oxygens (including phenoxy) is 1. The highest BCUT2D eigenvalue weighted by Crippen LogP contribution is 2.39. The number of aromatic nitrogens is 2. The van der Waals surface area contributed by atoms with Gasteiger partial charge in [-0.3, -0.25) is 4.79 Å². The molecule has 0 aliphatic carbocycles. The fraction of sp³-hybridized carbons (Fsp3) is 0.333. The van der Waals surface area contributed by atoms with Crippen molar-refractivity contribution < 1.29 is 18.3 Å². The van der Waals surface area contributed by atoms with Crippen molar-refractivity contribution in [1.82, 2.24) is 14.5 Å². The van der Waals surface area contributed by atoms with Crippen molar-refractivity contribution in [2.75, 3.05) is 25.5 Å². The van der Waals surface area contributed by atoms with Gasteiger partial charge in [0.15, 0.2) is 0 Å². The van der Waals surface area contributed by atoms with E-state index in [0.717, 1.165) is 0 Å². The molecule has 0 saturated carbocycles. The molecule has 1 aliphatic rings. The number of carbonyl (C=O) groups is 1. The molecule has 0 unspecified atom stereocenters. The Kier molecular flexibility index (Phi) is 6.18. The van der Waals surface area contributed by atoms with E-state index in [0.29, 0.717) is 47.2 Å². The second-order valence-corrected chi connectivity index (χ2v) is 8.46. The maximum Gasteiger partial charge on any atom is 0.237 e. The van der Waals surface area contributed by atoms with Gasteiger partial charge in [0.25, 0.3) is 0 Å². The Morgan fingerprint density at radius 3 is 2.58 bits per heavy atom. The highest BCUT2D eigenvalue weighted by atomic mass is 19.1. The van der Waals surface area contributed by atoms with E-state index in [9.17, 15) is 13.6 Å². The molecule has 174 valence electrons. The van der Waals surface area contributed by atoms with E-state index >= 15 is 0 Å². The molecule has 7 nitrogen and oxygen atoms in total. The number of benzene rings is 2. The molecule has 0 spiro atoms. The summed E-state index contributed by atoms with van der Waals surface area (Å²) >= 11 is 0. The van der Waals surface area contributed by atoms with Gasteiger partial charge in [-0.2, -0.15) is 0 Å². The van der Waals surface area contributed by atoms with Crippen LogP contribution in [0.25, 0.3) is 11.3 Å². The molecule has 3 N–H and O–H groups in total. The van der Waals surface area contributed by atoms with Crippen molar-refractivity contribution in [3.8, 4) is 11.3 Å². The summed E-state index contributed by atoms with van der Waals surface area (Å²) in [5.74, 6) is 0.494. The zero-order chi connectivity index (χ0) is 23.8. The molecule has 2 heterocycles. The maximum atomic E-state index is 14.3. The van der Waals surface area contributed by atoms with Crippen LogP contribution in [0.1, 0.15) is 25.2 Å².